The van der Waals surface area contributed by atoms with Crippen molar-refractivity contribution < 1.29 is 0 Å². The highest BCUT2D eigenvalue weighted by Crippen LogP contribution is 2.36. The molecule has 7 heteroatoms. The minimum absolute atomic E-state index is 0.699. The molecule has 0 spiro atoms. The smallest absolute Gasteiger partial charge is 0.113 e. The van der Waals surface area contributed by atoms with Gasteiger partial charge < -0.3 is 14.7 Å². The van der Waals surface area contributed by atoms with Gasteiger partial charge in [0, 0.05) is 92.7 Å². The van der Waals surface area contributed by atoms with Crippen LogP contribution in [0.3, 0.4) is 0 Å². The van der Waals surface area contributed by atoms with Crippen LogP contribution in [0.15, 0.2) is 108 Å². The average Bonchev–Trinajstić information content (AvgIpc) is 3.25. The molecule has 7 nitrogen and oxygen atoms in total. The Bertz CT molecular complexity index is 1660. The van der Waals surface area contributed by atoms with Crippen LogP contribution in [0.25, 0.3) is 29.0 Å². The molecule has 0 radical (unpaired) electrons. The van der Waals surface area contributed by atoms with Gasteiger partial charge in [0.15, 0.2) is 0 Å². The highest BCUT2D eigenvalue weighted by atomic mass is 15.2. The van der Waals surface area contributed by atoms with Crippen molar-refractivity contribution in [1.82, 2.24) is 24.7 Å². The van der Waals surface area contributed by atoms with Crippen LogP contribution in [0, 0.1) is 0 Å². The number of aliphatic imine (C=N–C) groups is 2. The summed E-state index contributed by atoms with van der Waals surface area (Å²) < 4.78 is 0. The topological polar surface area (TPSA) is 60.2 Å². The Labute approximate surface area is 268 Å². The van der Waals surface area contributed by atoms with E-state index in [1.54, 1.807) is 18.6 Å². The third kappa shape index (κ3) is 7.99. The molecular weight excluding hydrogens is 554 g/mol. The number of likely N-dealkylation sites (N-methyl/N-ethyl adjacent to an activating group) is 1. The van der Waals surface area contributed by atoms with Gasteiger partial charge in [-0.1, -0.05) is 50.4 Å². The zero-order valence-corrected chi connectivity index (χ0v) is 26.7. The molecule has 0 unspecified atom stereocenters. The van der Waals surface area contributed by atoms with Gasteiger partial charge in [-0.3, -0.25) is 15.0 Å². The van der Waals surface area contributed by atoms with Gasteiger partial charge >= 0.3 is 0 Å². The Morgan fingerprint density at radius 1 is 1.04 bits per heavy atom. The molecule has 2 aliphatic rings. The van der Waals surface area contributed by atoms with Crippen LogP contribution in [0.5, 0.6) is 0 Å². The molecule has 0 aliphatic carbocycles. The van der Waals surface area contributed by atoms with Crippen molar-refractivity contribution in [3.05, 3.63) is 121 Å². The van der Waals surface area contributed by atoms with E-state index in [4.69, 9.17) is 4.99 Å². The van der Waals surface area contributed by atoms with Crippen LogP contribution in [0.2, 0.25) is 0 Å². The summed E-state index contributed by atoms with van der Waals surface area (Å²) in [5.41, 5.74) is 9.71. The number of hydrogen-bond donors (Lipinski definition) is 0. The molecule has 3 heterocycles. The lowest BCUT2D eigenvalue weighted by molar-refractivity contribution is 0.312. The SMILES string of the molecule is C=CC1=Cc2ccc(-c3ccc4c(c3)C=CN(CCc3cnccn3)C4=C)cc2N=C(N(/C=C/N=CC)CCN(C)CCC)C1. The molecule has 0 N–H and O–H groups in total. The monoisotopic (exact) mass is 597 g/mol. The van der Waals surface area contributed by atoms with Crippen LogP contribution in [0.4, 0.5) is 5.69 Å². The van der Waals surface area contributed by atoms with E-state index in [9.17, 15) is 0 Å². The van der Waals surface area contributed by atoms with Crippen molar-refractivity contribution in [3.63, 3.8) is 0 Å². The lowest BCUT2D eigenvalue weighted by Crippen LogP contribution is -2.34. The Kier molecular flexibility index (Phi) is 10.7. The minimum atomic E-state index is 0.699. The first-order valence-electron chi connectivity index (χ1n) is 15.7. The van der Waals surface area contributed by atoms with E-state index in [-0.39, 0.29) is 0 Å². The normalized spacial score (nSPS) is 14.4. The second-order valence-corrected chi connectivity index (χ2v) is 11.3. The largest absolute Gasteiger partial charge is 0.348 e. The van der Waals surface area contributed by atoms with Crippen molar-refractivity contribution in [2.24, 2.45) is 9.98 Å². The summed E-state index contributed by atoms with van der Waals surface area (Å²) in [5, 5.41) is 0. The summed E-state index contributed by atoms with van der Waals surface area (Å²) in [6.07, 6.45) is 22.0. The van der Waals surface area contributed by atoms with E-state index in [1.165, 1.54) is 0 Å². The fourth-order valence-corrected chi connectivity index (χ4v) is 5.58. The maximum absolute atomic E-state index is 5.26. The van der Waals surface area contributed by atoms with Crippen LogP contribution >= 0.6 is 0 Å². The Balaban J connectivity index is 1.42. The van der Waals surface area contributed by atoms with Gasteiger partial charge in [0.25, 0.3) is 0 Å². The summed E-state index contributed by atoms with van der Waals surface area (Å²) in [6.45, 7) is 16.2. The molecule has 5 rings (SSSR count). The maximum atomic E-state index is 5.26. The second kappa shape index (κ2) is 15.2. The van der Waals surface area contributed by atoms with E-state index in [1.807, 2.05) is 31.6 Å². The summed E-state index contributed by atoms with van der Waals surface area (Å²) in [7, 11) is 2.17. The highest BCUT2D eigenvalue weighted by molar-refractivity contribution is 5.93. The van der Waals surface area contributed by atoms with E-state index in [0.717, 1.165) is 95.3 Å². The second-order valence-electron chi connectivity index (χ2n) is 11.3. The van der Waals surface area contributed by atoms with Crippen molar-refractivity contribution in [3.8, 4) is 11.1 Å². The van der Waals surface area contributed by atoms with Crippen LogP contribution < -0.4 is 0 Å². The number of rotatable bonds is 12. The Morgan fingerprint density at radius 2 is 1.89 bits per heavy atom. The zero-order valence-electron chi connectivity index (χ0n) is 26.7. The van der Waals surface area contributed by atoms with Gasteiger partial charge in [0.2, 0.25) is 0 Å². The van der Waals surface area contributed by atoms with Crippen molar-refractivity contribution >= 4 is 35.6 Å². The quantitative estimate of drug-likeness (QED) is 0.199. The minimum Gasteiger partial charge on any atom is -0.348 e. The van der Waals surface area contributed by atoms with E-state index >= 15 is 0 Å². The molecule has 2 aliphatic heterocycles. The van der Waals surface area contributed by atoms with Crippen molar-refractivity contribution in [1.29, 1.82) is 0 Å². The molecule has 0 bridgehead atoms. The summed E-state index contributed by atoms with van der Waals surface area (Å²) >= 11 is 0. The molecule has 0 saturated carbocycles. The summed E-state index contributed by atoms with van der Waals surface area (Å²) in [6, 6.07) is 13.1. The standard InChI is InChI=1S/C38H43N7/c1-6-18-43(5)22-23-45(21-17-39-8-3)38-25-30(7-2)24-34-10-9-32(27-37(34)42-38)31-11-12-36-29(4)44(19-13-33(36)26-31)20-14-35-28-40-15-16-41-35/h7-13,15-17,19,21,24,26-28H,2,4,6,14,18,20,22-23,25H2,1,3,5H3/b21-17+,39-8?. The number of amidine groups is 1. The van der Waals surface area contributed by atoms with Gasteiger partial charge in [-0.15, -0.1) is 0 Å². The molecular formula is C38H43N7. The first kappa shape index (κ1) is 31.5. The Morgan fingerprint density at radius 3 is 2.67 bits per heavy atom. The molecule has 45 heavy (non-hydrogen) atoms. The number of nitrogens with zero attached hydrogens (tertiary/aromatic N) is 7. The first-order valence-corrected chi connectivity index (χ1v) is 15.7. The Hall–Kier alpha value is -4.88. The molecule has 2 aromatic carbocycles. The van der Waals surface area contributed by atoms with Gasteiger partial charge in [0.1, 0.15) is 5.84 Å². The fourth-order valence-electron chi connectivity index (χ4n) is 5.58. The lowest BCUT2D eigenvalue weighted by Gasteiger charge is -2.28. The molecule has 3 aromatic rings. The van der Waals surface area contributed by atoms with Gasteiger partial charge in [-0.2, -0.15) is 0 Å². The van der Waals surface area contributed by atoms with Crippen LogP contribution in [-0.4, -0.2) is 69.9 Å². The highest BCUT2D eigenvalue weighted by Gasteiger charge is 2.19. The predicted octanol–water partition coefficient (Wildman–Crippen LogP) is 7.85. The number of allylic oxidation sites excluding steroid dienone is 1. The average molecular weight is 598 g/mol. The summed E-state index contributed by atoms with van der Waals surface area (Å²) in [5.74, 6) is 0.982. The fraction of sp³-hybridized carbons (Fsp3) is 0.263. The van der Waals surface area contributed by atoms with Crippen molar-refractivity contribution in [2.45, 2.75) is 33.1 Å². The van der Waals surface area contributed by atoms with E-state index in [2.05, 4.69) is 112 Å². The zero-order chi connectivity index (χ0) is 31.6. The van der Waals surface area contributed by atoms with Crippen LogP contribution in [0.1, 0.15) is 49.1 Å². The number of hydrogen-bond acceptors (Lipinski definition) is 7. The molecule has 0 atom stereocenters. The predicted molar refractivity (Wildman–Crippen MR) is 190 cm³/mol. The third-order valence-electron chi connectivity index (χ3n) is 8.09. The summed E-state index contributed by atoms with van der Waals surface area (Å²) in [4.78, 5) is 24.9. The number of benzene rings is 2. The van der Waals surface area contributed by atoms with Gasteiger partial charge in [-0.05, 0) is 73.5 Å². The van der Waals surface area contributed by atoms with Crippen LogP contribution in [-0.2, 0) is 6.42 Å². The number of aromatic nitrogens is 2. The van der Waals surface area contributed by atoms with Gasteiger partial charge in [0.05, 0.1) is 11.4 Å². The molecule has 0 amide bonds. The molecule has 230 valence electrons. The molecule has 0 saturated heterocycles. The van der Waals surface area contributed by atoms with Crippen molar-refractivity contribution in [2.75, 3.05) is 33.2 Å². The molecule has 1 aromatic heterocycles. The maximum Gasteiger partial charge on any atom is 0.113 e. The van der Waals surface area contributed by atoms with Gasteiger partial charge in [-0.25, -0.2) is 4.99 Å². The molecule has 0 fully saturated rings. The van der Waals surface area contributed by atoms with E-state index < -0.39 is 0 Å². The third-order valence-corrected chi connectivity index (χ3v) is 8.09. The number of fused-ring (bicyclic) bond motifs is 2. The first-order chi connectivity index (χ1) is 22.0. The van der Waals surface area contributed by atoms with E-state index in [0.29, 0.717) is 6.42 Å². The lowest BCUT2D eigenvalue weighted by atomic mass is 9.94.